The highest BCUT2D eigenvalue weighted by atomic mass is 15.0. The van der Waals surface area contributed by atoms with Gasteiger partial charge in [0.1, 0.15) is 0 Å². The van der Waals surface area contributed by atoms with E-state index in [2.05, 4.69) is 131 Å². The Kier molecular flexibility index (Phi) is 6.89. The third kappa shape index (κ3) is 4.83. The molecule has 0 amide bonds. The van der Waals surface area contributed by atoms with Crippen molar-refractivity contribution in [1.82, 2.24) is 24.1 Å². The van der Waals surface area contributed by atoms with Gasteiger partial charge in [-0.25, -0.2) is 15.0 Å². The van der Waals surface area contributed by atoms with Crippen molar-refractivity contribution < 1.29 is 0 Å². The Morgan fingerprint density at radius 1 is 0.365 bits per heavy atom. The van der Waals surface area contributed by atoms with Crippen LogP contribution in [0.4, 0.5) is 0 Å². The molecule has 5 heteroatoms. The molecule has 0 aliphatic rings. The summed E-state index contributed by atoms with van der Waals surface area (Å²) < 4.78 is 4.75. The molecule has 52 heavy (non-hydrogen) atoms. The molecule has 0 saturated carbocycles. The van der Waals surface area contributed by atoms with E-state index in [9.17, 15) is 0 Å². The third-order valence-corrected chi connectivity index (χ3v) is 9.94. The smallest absolute Gasteiger partial charge is 0.164 e. The van der Waals surface area contributed by atoms with Crippen LogP contribution in [0.3, 0.4) is 0 Å². The Bertz CT molecular complexity index is 2940. The predicted octanol–water partition coefficient (Wildman–Crippen LogP) is 11.7. The Morgan fingerprint density at radius 3 is 1.31 bits per heavy atom. The lowest BCUT2D eigenvalue weighted by Gasteiger charge is -2.11. The number of hydrogen-bond donors (Lipinski definition) is 0. The summed E-state index contributed by atoms with van der Waals surface area (Å²) in [6.45, 7) is 3.89. The number of hydrogen-bond acceptors (Lipinski definition) is 3. The molecule has 0 spiro atoms. The van der Waals surface area contributed by atoms with Crippen molar-refractivity contribution in [3.8, 4) is 45.5 Å². The highest BCUT2D eigenvalue weighted by Gasteiger charge is 2.19. The van der Waals surface area contributed by atoms with E-state index in [1.54, 1.807) is 0 Å². The first kappa shape index (κ1) is 29.8. The van der Waals surface area contributed by atoms with E-state index < -0.39 is 0 Å². The summed E-state index contributed by atoms with van der Waals surface area (Å²) in [6, 6.07) is 59.5. The first-order valence-electron chi connectivity index (χ1n) is 17.4. The zero-order valence-electron chi connectivity index (χ0n) is 28.2. The van der Waals surface area contributed by atoms with E-state index in [4.69, 9.17) is 15.0 Å². The number of aromatic nitrogens is 5. The van der Waals surface area contributed by atoms with Gasteiger partial charge in [-0.1, -0.05) is 122 Å². The maximum Gasteiger partial charge on any atom is 0.164 e. The van der Waals surface area contributed by atoms with Gasteiger partial charge in [-0.3, -0.25) is 0 Å². The first-order valence-corrected chi connectivity index (χ1v) is 17.4. The van der Waals surface area contributed by atoms with Crippen LogP contribution in [0, 0.1) is 0 Å². The second-order valence-electron chi connectivity index (χ2n) is 13.0. The Morgan fingerprint density at radius 2 is 0.788 bits per heavy atom. The third-order valence-electron chi connectivity index (χ3n) is 9.94. The van der Waals surface area contributed by atoms with Crippen LogP contribution in [0.15, 0.2) is 176 Å². The molecule has 3 heterocycles. The lowest BCUT2D eigenvalue weighted by Crippen LogP contribution is -2.00. The first-order chi connectivity index (χ1) is 25.7. The van der Waals surface area contributed by atoms with E-state index >= 15 is 0 Å². The SMILES string of the molecule is C=Cc1ccc(-c2nc(-c3ccccc3)nc(-c3ccc(-n4c5ccccc5c5cc6c7ccccc7n(-c7ccccc7)c6cc54)cc3)n2)cc1. The molecule has 3 aromatic heterocycles. The highest BCUT2D eigenvalue weighted by Crippen LogP contribution is 2.39. The standard InChI is InChI=1S/C47H31N5/c1-2-31-21-23-33(24-22-31)46-48-45(32-13-5-3-6-14-32)49-47(50-46)34-25-27-36(28-26-34)52-42-20-12-10-18-38(42)40-29-39-37-17-9-11-19-41(37)51(43(39)30-44(40)52)35-15-7-4-8-16-35/h2-30H,1H2. The minimum absolute atomic E-state index is 0.625. The molecular weight excluding hydrogens is 635 g/mol. The molecule has 0 fully saturated rings. The molecule has 244 valence electrons. The molecule has 5 nitrogen and oxygen atoms in total. The summed E-state index contributed by atoms with van der Waals surface area (Å²) in [5.74, 6) is 1.89. The maximum atomic E-state index is 4.98. The van der Waals surface area contributed by atoms with Crippen LogP contribution in [-0.2, 0) is 0 Å². The van der Waals surface area contributed by atoms with E-state index in [1.165, 1.54) is 32.6 Å². The van der Waals surface area contributed by atoms with Gasteiger partial charge in [0.15, 0.2) is 17.5 Å². The van der Waals surface area contributed by atoms with Crippen molar-refractivity contribution in [3.63, 3.8) is 0 Å². The summed E-state index contributed by atoms with van der Waals surface area (Å²) in [5, 5.41) is 4.93. The van der Waals surface area contributed by atoms with Crippen LogP contribution in [0.5, 0.6) is 0 Å². The van der Waals surface area contributed by atoms with Gasteiger partial charge in [0.25, 0.3) is 0 Å². The fourth-order valence-electron chi connectivity index (χ4n) is 7.44. The zero-order chi connectivity index (χ0) is 34.6. The Labute approximate surface area is 300 Å². The second kappa shape index (κ2) is 12.0. The molecule has 0 unspecified atom stereocenters. The largest absolute Gasteiger partial charge is 0.309 e. The molecule has 0 aliphatic carbocycles. The fraction of sp³-hybridized carbons (Fsp3) is 0. The van der Waals surface area contributed by atoms with Gasteiger partial charge in [0.2, 0.25) is 0 Å². The summed E-state index contributed by atoms with van der Waals surface area (Å²) in [4.78, 5) is 14.9. The quantitative estimate of drug-likeness (QED) is 0.178. The topological polar surface area (TPSA) is 48.5 Å². The van der Waals surface area contributed by atoms with Crippen LogP contribution in [0.2, 0.25) is 0 Å². The van der Waals surface area contributed by atoms with Crippen molar-refractivity contribution in [2.75, 3.05) is 0 Å². The van der Waals surface area contributed by atoms with Crippen LogP contribution >= 0.6 is 0 Å². The van der Waals surface area contributed by atoms with Gasteiger partial charge in [-0.15, -0.1) is 0 Å². The van der Waals surface area contributed by atoms with Crippen LogP contribution in [0.1, 0.15) is 5.56 Å². The lowest BCUT2D eigenvalue weighted by molar-refractivity contribution is 1.07. The van der Waals surface area contributed by atoms with Gasteiger partial charge >= 0.3 is 0 Å². The number of para-hydroxylation sites is 3. The van der Waals surface area contributed by atoms with E-state index in [0.717, 1.165) is 44.7 Å². The Hall–Kier alpha value is -7.11. The van der Waals surface area contributed by atoms with Crippen molar-refractivity contribution in [2.24, 2.45) is 0 Å². The average molecular weight is 666 g/mol. The lowest BCUT2D eigenvalue weighted by atomic mass is 10.1. The molecular formula is C47H31N5. The molecule has 0 radical (unpaired) electrons. The molecule has 0 atom stereocenters. The summed E-state index contributed by atoms with van der Waals surface area (Å²) in [5.41, 5.74) is 10.7. The molecule has 0 aliphatic heterocycles. The normalized spacial score (nSPS) is 11.5. The van der Waals surface area contributed by atoms with E-state index in [-0.39, 0.29) is 0 Å². The van der Waals surface area contributed by atoms with Crippen LogP contribution in [-0.4, -0.2) is 24.1 Å². The van der Waals surface area contributed by atoms with Crippen molar-refractivity contribution >= 4 is 49.7 Å². The maximum absolute atomic E-state index is 4.98. The van der Waals surface area contributed by atoms with Gasteiger partial charge in [0.05, 0.1) is 22.1 Å². The highest BCUT2D eigenvalue weighted by molar-refractivity contribution is 6.19. The van der Waals surface area contributed by atoms with E-state index in [1.807, 2.05) is 60.7 Å². The summed E-state index contributed by atoms with van der Waals surface area (Å²) in [7, 11) is 0. The van der Waals surface area contributed by atoms with Gasteiger partial charge < -0.3 is 9.13 Å². The molecule has 0 saturated heterocycles. The summed E-state index contributed by atoms with van der Waals surface area (Å²) >= 11 is 0. The molecule has 7 aromatic carbocycles. The number of fused-ring (bicyclic) bond motifs is 6. The van der Waals surface area contributed by atoms with Crippen LogP contribution < -0.4 is 0 Å². The fourth-order valence-corrected chi connectivity index (χ4v) is 7.44. The molecule has 10 rings (SSSR count). The second-order valence-corrected chi connectivity index (χ2v) is 13.0. The van der Waals surface area contributed by atoms with Crippen LogP contribution in [0.25, 0.3) is 95.2 Å². The van der Waals surface area contributed by atoms with E-state index in [0.29, 0.717) is 17.5 Å². The minimum Gasteiger partial charge on any atom is -0.309 e. The van der Waals surface area contributed by atoms with Gasteiger partial charge in [-0.2, -0.15) is 0 Å². The van der Waals surface area contributed by atoms with Crippen molar-refractivity contribution in [3.05, 3.63) is 182 Å². The Balaban J connectivity index is 1.15. The monoisotopic (exact) mass is 665 g/mol. The van der Waals surface area contributed by atoms with Crippen molar-refractivity contribution in [2.45, 2.75) is 0 Å². The average Bonchev–Trinajstić information content (AvgIpc) is 3.72. The predicted molar refractivity (Wildman–Crippen MR) is 215 cm³/mol. The minimum atomic E-state index is 0.625. The number of rotatable bonds is 6. The molecule has 10 aromatic rings. The molecule has 0 N–H and O–H groups in total. The van der Waals surface area contributed by atoms with Gasteiger partial charge in [-0.05, 0) is 66.2 Å². The summed E-state index contributed by atoms with van der Waals surface area (Å²) in [6.07, 6.45) is 1.84. The van der Waals surface area contributed by atoms with Gasteiger partial charge in [0, 0.05) is 49.6 Å². The van der Waals surface area contributed by atoms with Crippen molar-refractivity contribution in [1.29, 1.82) is 0 Å². The zero-order valence-corrected chi connectivity index (χ0v) is 28.2. The molecule has 0 bridgehead atoms. The number of nitrogens with zero attached hydrogens (tertiary/aromatic N) is 5. The number of benzene rings is 7.